The number of rotatable bonds is 9. The summed E-state index contributed by atoms with van der Waals surface area (Å²) in [6, 6.07) is 8.47. The molecule has 1 fully saturated rings. The van der Waals surface area contributed by atoms with Crippen molar-refractivity contribution in [2.75, 3.05) is 39.8 Å². The zero-order chi connectivity index (χ0) is 18.2. The summed E-state index contributed by atoms with van der Waals surface area (Å²) in [7, 11) is 1.74. The lowest BCUT2D eigenvalue weighted by Crippen LogP contribution is -2.41. The van der Waals surface area contributed by atoms with Crippen LogP contribution in [-0.2, 0) is 13.0 Å². The topological polar surface area (TPSA) is 28.6 Å². The Bertz CT molecular complexity index is 646. The van der Waals surface area contributed by atoms with E-state index >= 15 is 0 Å². The average molecular weight is 374 g/mol. The molecule has 1 aromatic carbocycles. The van der Waals surface area contributed by atoms with Gasteiger partial charge in [-0.05, 0) is 56.0 Å². The fraction of sp³-hybridized carbons (Fsp3) is 0.571. The van der Waals surface area contributed by atoms with Crippen molar-refractivity contribution in [1.82, 2.24) is 14.8 Å². The van der Waals surface area contributed by atoms with E-state index in [-0.39, 0.29) is 0 Å². The van der Waals surface area contributed by atoms with Gasteiger partial charge in [0.2, 0.25) is 0 Å². The van der Waals surface area contributed by atoms with Crippen molar-refractivity contribution in [2.45, 2.75) is 32.7 Å². The van der Waals surface area contributed by atoms with Crippen molar-refractivity contribution in [1.29, 1.82) is 0 Å². The summed E-state index contributed by atoms with van der Waals surface area (Å²) in [5.41, 5.74) is 1.37. The molecule has 1 aliphatic rings. The summed E-state index contributed by atoms with van der Waals surface area (Å²) in [4.78, 5) is 9.64. The molecule has 0 spiro atoms. The highest BCUT2D eigenvalue weighted by Gasteiger charge is 2.22. The number of aromatic nitrogens is 1. The maximum absolute atomic E-state index is 5.34. The lowest BCUT2D eigenvalue weighted by molar-refractivity contribution is 0.133. The molecular formula is C21H31N3OS. The number of benzene rings is 1. The third-order valence-corrected chi connectivity index (χ3v) is 6.02. The summed E-state index contributed by atoms with van der Waals surface area (Å²) in [5, 5.41) is 3.31. The van der Waals surface area contributed by atoms with Gasteiger partial charge in [0, 0.05) is 31.2 Å². The summed E-state index contributed by atoms with van der Waals surface area (Å²) >= 11 is 1.76. The van der Waals surface area contributed by atoms with Gasteiger partial charge in [-0.1, -0.05) is 19.1 Å². The Balaban J connectivity index is 1.47. The summed E-state index contributed by atoms with van der Waals surface area (Å²) in [5.74, 6) is 1.73. The van der Waals surface area contributed by atoms with Gasteiger partial charge in [-0.15, -0.1) is 11.3 Å². The van der Waals surface area contributed by atoms with Crippen LogP contribution in [0.2, 0.25) is 0 Å². The molecule has 26 heavy (non-hydrogen) atoms. The van der Waals surface area contributed by atoms with Crippen LogP contribution in [0.4, 0.5) is 0 Å². The van der Waals surface area contributed by atoms with Crippen LogP contribution in [-0.4, -0.2) is 54.6 Å². The van der Waals surface area contributed by atoms with Crippen LogP contribution in [0.5, 0.6) is 5.75 Å². The second kappa shape index (κ2) is 10.0. The fourth-order valence-corrected chi connectivity index (χ4v) is 4.47. The molecule has 0 radical (unpaired) electrons. The predicted octanol–water partition coefficient (Wildman–Crippen LogP) is 3.93. The van der Waals surface area contributed by atoms with Gasteiger partial charge >= 0.3 is 0 Å². The first-order valence-electron chi connectivity index (χ1n) is 9.73. The normalized spacial score (nSPS) is 18.3. The molecule has 2 aromatic rings. The molecule has 0 saturated carbocycles. The first-order chi connectivity index (χ1) is 12.8. The van der Waals surface area contributed by atoms with E-state index in [1.54, 1.807) is 18.4 Å². The predicted molar refractivity (Wildman–Crippen MR) is 109 cm³/mol. The van der Waals surface area contributed by atoms with Crippen molar-refractivity contribution in [3.8, 4) is 5.75 Å². The van der Waals surface area contributed by atoms with Crippen LogP contribution < -0.4 is 4.74 Å². The van der Waals surface area contributed by atoms with Crippen LogP contribution in [0.25, 0.3) is 0 Å². The molecule has 1 aliphatic heterocycles. The van der Waals surface area contributed by atoms with Gasteiger partial charge in [-0.3, -0.25) is 4.90 Å². The van der Waals surface area contributed by atoms with E-state index in [2.05, 4.69) is 45.3 Å². The Kier molecular flexibility index (Phi) is 7.47. The number of methoxy groups -OCH3 is 1. The van der Waals surface area contributed by atoms with E-state index in [1.807, 2.05) is 12.3 Å². The molecule has 0 aliphatic carbocycles. The number of likely N-dealkylation sites (tertiary alicyclic amines) is 1. The highest BCUT2D eigenvalue weighted by Crippen LogP contribution is 2.20. The molecule has 142 valence electrons. The molecule has 3 rings (SSSR count). The minimum Gasteiger partial charge on any atom is -0.497 e. The molecule has 0 N–H and O–H groups in total. The van der Waals surface area contributed by atoms with Gasteiger partial charge in [0.15, 0.2) is 0 Å². The van der Waals surface area contributed by atoms with Crippen molar-refractivity contribution in [3.05, 3.63) is 46.4 Å². The minimum absolute atomic E-state index is 0.772. The maximum atomic E-state index is 5.34. The van der Waals surface area contributed by atoms with E-state index in [1.165, 1.54) is 43.0 Å². The monoisotopic (exact) mass is 373 g/mol. The van der Waals surface area contributed by atoms with Gasteiger partial charge < -0.3 is 9.64 Å². The molecule has 0 bridgehead atoms. The number of nitrogens with zero attached hydrogens (tertiary/aromatic N) is 3. The van der Waals surface area contributed by atoms with E-state index in [0.29, 0.717) is 0 Å². The Hall–Kier alpha value is -1.43. The molecule has 0 unspecified atom stereocenters. The molecule has 2 heterocycles. The van der Waals surface area contributed by atoms with Crippen LogP contribution in [0.15, 0.2) is 35.8 Å². The molecule has 5 heteroatoms. The molecule has 0 amide bonds. The second-order valence-electron chi connectivity index (χ2n) is 7.16. The standard InChI is InChI=1S/C21H31N3OS/c1-3-23(17-21-22-10-13-26-21)15-19-7-5-11-24(16-19)12-9-18-6-4-8-20(14-18)25-2/h4,6,8,10,13-14,19H,3,5,7,9,11-12,15-17H2,1-2H3/t19-/m1/s1. The first kappa shape index (κ1) is 19.3. The highest BCUT2D eigenvalue weighted by molar-refractivity contribution is 7.09. The molecule has 1 atom stereocenters. The fourth-order valence-electron chi connectivity index (χ4n) is 3.81. The SMILES string of the molecule is CCN(Cc1nccs1)C[C@H]1CCCN(CCc2cccc(OC)c2)C1. The van der Waals surface area contributed by atoms with E-state index in [4.69, 9.17) is 4.74 Å². The van der Waals surface area contributed by atoms with E-state index < -0.39 is 0 Å². The molecular weight excluding hydrogens is 342 g/mol. The summed E-state index contributed by atoms with van der Waals surface area (Å²) in [6.45, 7) is 9.14. The van der Waals surface area contributed by atoms with Crippen molar-refractivity contribution in [3.63, 3.8) is 0 Å². The quantitative estimate of drug-likeness (QED) is 0.666. The molecule has 4 nitrogen and oxygen atoms in total. The van der Waals surface area contributed by atoms with Gasteiger partial charge in [0.05, 0.1) is 13.7 Å². The smallest absolute Gasteiger partial charge is 0.119 e. The van der Waals surface area contributed by atoms with Gasteiger partial charge in [-0.2, -0.15) is 0 Å². The average Bonchev–Trinajstić information content (AvgIpc) is 3.19. The maximum Gasteiger partial charge on any atom is 0.119 e. The van der Waals surface area contributed by atoms with Crippen molar-refractivity contribution >= 4 is 11.3 Å². The minimum atomic E-state index is 0.772. The first-order valence-corrected chi connectivity index (χ1v) is 10.6. The Morgan fingerprint density at radius 3 is 3.08 bits per heavy atom. The van der Waals surface area contributed by atoms with Crippen LogP contribution in [0.1, 0.15) is 30.3 Å². The van der Waals surface area contributed by atoms with Crippen LogP contribution >= 0.6 is 11.3 Å². The van der Waals surface area contributed by atoms with Gasteiger partial charge in [0.25, 0.3) is 0 Å². The summed E-state index contributed by atoms with van der Waals surface area (Å²) in [6.07, 6.45) is 5.68. The zero-order valence-electron chi connectivity index (χ0n) is 16.1. The largest absolute Gasteiger partial charge is 0.497 e. The lowest BCUT2D eigenvalue weighted by atomic mass is 9.97. The highest BCUT2D eigenvalue weighted by atomic mass is 32.1. The third kappa shape index (κ3) is 5.79. The Labute approximate surface area is 161 Å². The van der Waals surface area contributed by atoms with E-state index in [9.17, 15) is 0 Å². The number of hydrogen-bond acceptors (Lipinski definition) is 5. The van der Waals surface area contributed by atoms with E-state index in [0.717, 1.165) is 37.7 Å². The number of thiazole rings is 1. The van der Waals surface area contributed by atoms with Crippen LogP contribution in [0, 0.1) is 5.92 Å². The number of hydrogen-bond donors (Lipinski definition) is 0. The lowest BCUT2D eigenvalue weighted by Gasteiger charge is -2.35. The number of ether oxygens (including phenoxy) is 1. The van der Waals surface area contributed by atoms with Crippen LogP contribution in [0.3, 0.4) is 0 Å². The van der Waals surface area contributed by atoms with Gasteiger partial charge in [0.1, 0.15) is 10.8 Å². The van der Waals surface area contributed by atoms with Crippen molar-refractivity contribution in [2.24, 2.45) is 5.92 Å². The molecule has 1 saturated heterocycles. The second-order valence-corrected chi connectivity index (χ2v) is 8.14. The number of piperidine rings is 1. The van der Waals surface area contributed by atoms with Gasteiger partial charge in [-0.25, -0.2) is 4.98 Å². The molecule has 1 aromatic heterocycles. The summed E-state index contributed by atoms with van der Waals surface area (Å²) < 4.78 is 5.34. The van der Waals surface area contributed by atoms with Crippen molar-refractivity contribution < 1.29 is 4.74 Å². The Morgan fingerprint density at radius 2 is 2.31 bits per heavy atom. The third-order valence-electron chi connectivity index (χ3n) is 5.26. The zero-order valence-corrected chi connectivity index (χ0v) is 16.9. The Morgan fingerprint density at radius 1 is 1.38 bits per heavy atom.